The fourth-order valence-corrected chi connectivity index (χ4v) is 2.91. The van der Waals surface area contributed by atoms with Gasteiger partial charge in [-0.05, 0) is 26.3 Å². The molecule has 1 heterocycles. The summed E-state index contributed by atoms with van der Waals surface area (Å²) in [6.07, 6.45) is 0. The molecule has 0 aliphatic carbocycles. The molecule has 0 saturated carbocycles. The summed E-state index contributed by atoms with van der Waals surface area (Å²) in [5.41, 5.74) is 4.64. The predicted octanol–water partition coefficient (Wildman–Crippen LogP) is 3.36. The minimum atomic E-state index is 0. The van der Waals surface area contributed by atoms with Crippen LogP contribution in [0.25, 0.3) is 0 Å². The minimum Gasteiger partial charge on any atom is -0.383 e. The molecule has 27 heavy (non-hydrogen) atoms. The van der Waals surface area contributed by atoms with Crippen molar-refractivity contribution in [3.8, 4) is 0 Å². The Bertz CT molecular complexity index is 715. The second-order valence-corrected chi connectivity index (χ2v) is 6.38. The van der Waals surface area contributed by atoms with Gasteiger partial charge in [-0.1, -0.05) is 30.3 Å². The quantitative estimate of drug-likeness (QED) is 0.354. The summed E-state index contributed by atoms with van der Waals surface area (Å²) in [6.45, 7) is 9.93. The van der Waals surface area contributed by atoms with Gasteiger partial charge in [0.05, 0.1) is 25.4 Å². The number of nitrogens with one attached hydrogen (secondary N) is 1. The van der Waals surface area contributed by atoms with Crippen molar-refractivity contribution in [3.63, 3.8) is 0 Å². The van der Waals surface area contributed by atoms with Crippen LogP contribution < -0.4 is 5.32 Å². The topological polar surface area (TPSA) is 54.7 Å². The van der Waals surface area contributed by atoms with E-state index in [-0.39, 0.29) is 24.0 Å². The first-order chi connectivity index (χ1) is 12.6. The highest BCUT2D eigenvalue weighted by atomic mass is 127. The number of benzene rings is 1. The maximum Gasteiger partial charge on any atom is 0.194 e. The smallest absolute Gasteiger partial charge is 0.194 e. The van der Waals surface area contributed by atoms with Crippen molar-refractivity contribution >= 4 is 29.9 Å². The van der Waals surface area contributed by atoms with Gasteiger partial charge in [-0.25, -0.2) is 4.99 Å². The van der Waals surface area contributed by atoms with Crippen LogP contribution >= 0.6 is 24.0 Å². The van der Waals surface area contributed by atoms with E-state index in [1.165, 1.54) is 11.1 Å². The molecule has 0 amide bonds. The first-order valence-corrected chi connectivity index (χ1v) is 9.12. The van der Waals surface area contributed by atoms with Crippen molar-refractivity contribution < 1.29 is 4.74 Å². The Morgan fingerprint density at radius 3 is 2.59 bits per heavy atom. The lowest BCUT2D eigenvalue weighted by Gasteiger charge is -2.22. The largest absolute Gasteiger partial charge is 0.383 e. The molecule has 0 fully saturated rings. The Labute approximate surface area is 180 Å². The molecule has 0 radical (unpaired) electrons. The fraction of sp³-hybridized carbons (Fsp3) is 0.500. The molecule has 0 saturated heterocycles. The summed E-state index contributed by atoms with van der Waals surface area (Å²) >= 11 is 0. The summed E-state index contributed by atoms with van der Waals surface area (Å²) in [6, 6.07) is 10.4. The third-order valence-electron chi connectivity index (χ3n) is 4.38. The molecule has 0 aliphatic heterocycles. The summed E-state index contributed by atoms with van der Waals surface area (Å²) in [7, 11) is 3.78. The second kappa shape index (κ2) is 12.0. The lowest BCUT2D eigenvalue weighted by atomic mass is 10.2. The van der Waals surface area contributed by atoms with Crippen LogP contribution in [-0.4, -0.2) is 47.9 Å². The summed E-state index contributed by atoms with van der Waals surface area (Å²) in [5.74, 6) is 0.903. The van der Waals surface area contributed by atoms with E-state index in [2.05, 4.69) is 60.5 Å². The molecule has 6 nitrogen and oxygen atoms in total. The van der Waals surface area contributed by atoms with Gasteiger partial charge < -0.3 is 15.0 Å². The Kier molecular flexibility index (Phi) is 10.4. The SMILES string of the molecule is CCNC(=NCc1c(C)nn(CCOC)c1C)N(C)Cc1ccccc1.I. The molecular formula is C20H32IN5O. The molecule has 0 unspecified atom stereocenters. The summed E-state index contributed by atoms with van der Waals surface area (Å²) in [5, 5.41) is 8.00. The van der Waals surface area contributed by atoms with E-state index in [4.69, 9.17) is 9.73 Å². The lowest BCUT2D eigenvalue weighted by molar-refractivity contribution is 0.182. The van der Waals surface area contributed by atoms with E-state index in [1.54, 1.807) is 7.11 Å². The average molecular weight is 485 g/mol. The van der Waals surface area contributed by atoms with Gasteiger partial charge >= 0.3 is 0 Å². The summed E-state index contributed by atoms with van der Waals surface area (Å²) < 4.78 is 7.17. The molecule has 0 spiro atoms. The number of hydrogen-bond acceptors (Lipinski definition) is 3. The second-order valence-electron chi connectivity index (χ2n) is 6.38. The number of hydrogen-bond donors (Lipinski definition) is 1. The molecule has 0 aliphatic rings. The van der Waals surface area contributed by atoms with E-state index < -0.39 is 0 Å². The molecule has 150 valence electrons. The van der Waals surface area contributed by atoms with Crippen LogP contribution in [0.2, 0.25) is 0 Å². The Morgan fingerprint density at radius 2 is 1.96 bits per heavy atom. The number of aromatic nitrogens is 2. The van der Waals surface area contributed by atoms with Gasteiger partial charge in [0.15, 0.2) is 5.96 Å². The Morgan fingerprint density at radius 1 is 1.26 bits per heavy atom. The highest BCUT2D eigenvalue weighted by molar-refractivity contribution is 14.0. The van der Waals surface area contributed by atoms with Gasteiger partial charge in [0.2, 0.25) is 0 Å². The minimum absolute atomic E-state index is 0. The Hall–Kier alpha value is -1.61. The monoisotopic (exact) mass is 485 g/mol. The van der Waals surface area contributed by atoms with Crippen LogP contribution in [0.4, 0.5) is 0 Å². The van der Waals surface area contributed by atoms with Crippen molar-refractivity contribution in [2.45, 2.75) is 40.4 Å². The molecule has 2 rings (SSSR count). The van der Waals surface area contributed by atoms with E-state index in [9.17, 15) is 0 Å². The molecule has 1 aromatic heterocycles. The molecule has 0 bridgehead atoms. The third kappa shape index (κ3) is 6.80. The number of methoxy groups -OCH3 is 1. The van der Waals surface area contributed by atoms with Crippen molar-refractivity contribution in [2.75, 3.05) is 27.3 Å². The first-order valence-electron chi connectivity index (χ1n) is 9.12. The molecule has 1 N–H and O–H groups in total. The number of guanidine groups is 1. The molecule has 7 heteroatoms. The van der Waals surface area contributed by atoms with Gasteiger partial charge in [-0.2, -0.15) is 5.10 Å². The zero-order valence-electron chi connectivity index (χ0n) is 17.0. The third-order valence-corrected chi connectivity index (χ3v) is 4.38. The van der Waals surface area contributed by atoms with E-state index in [1.807, 2.05) is 17.7 Å². The van der Waals surface area contributed by atoms with Crippen molar-refractivity contribution in [1.82, 2.24) is 20.0 Å². The van der Waals surface area contributed by atoms with Crippen molar-refractivity contribution in [3.05, 3.63) is 52.8 Å². The zero-order valence-corrected chi connectivity index (χ0v) is 19.4. The van der Waals surface area contributed by atoms with Gasteiger partial charge in [0.1, 0.15) is 0 Å². The fourth-order valence-electron chi connectivity index (χ4n) is 2.91. The van der Waals surface area contributed by atoms with Crippen LogP contribution in [0.1, 0.15) is 29.4 Å². The predicted molar refractivity (Wildman–Crippen MR) is 122 cm³/mol. The van der Waals surface area contributed by atoms with Crippen molar-refractivity contribution in [2.24, 2.45) is 4.99 Å². The number of aryl methyl sites for hydroxylation is 1. The van der Waals surface area contributed by atoms with Crippen LogP contribution in [0.3, 0.4) is 0 Å². The Balaban J connectivity index is 0.00000364. The number of ether oxygens (including phenoxy) is 1. The van der Waals surface area contributed by atoms with Crippen LogP contribution in [-0.2, 0) is 24.4 Å². The van der Waals surface area contributed by atoms with Gasteiger partial charge in [0, 0.05) is 38.5 Å². The molecular weight excluding hydrogens is 453 g/mol. The van der Waals surface area contributed by atoms with Crippen molar-refractivity contribution in [1.29, 1.82) is 0 Å². The first kappa shape index (κ1) is 23.4. The highest BCUT2D eigenvalue weighted by Gasteiger charge is 2.12. The number of halogens is 1. The normalized spacial score (nSPS) is 11.2. The van der Waals surface area contributed by atoms with E-state index in [0.29, 0.717) is 13.2 Å². The van der Waals surface area contributed by atoms with Crippen LogP contribution in [0, 0.1) is 13.8 Å². The van der Waals surface area contributed by atoms with Gasteiger partial charge in [-0.3, -0.25) is 4.68 Å². The maximum atomic E-state index is 5.16. The molecule has 1 aromatic carbocycles. The van der Waals surface area contributed by atoms with Crippen LogP contribution in [0.15, 0.2) is 35.3 Å². The maximum absolute atomic E-state index is 5.16. The summed E-state index contributed by atoms with van der Waals surface area (Å²) in [4.78, 5) is 6.99. The standard InChI is InChI=1S/C20H31N5O.HI/c1-6-21-20(24(4)15-18-10-8-7-9-11-18)22-14-19-16(2)23-25(17(19)3)12-13-26-5;/h7-11H,6,12-15H2,1-5H3,(H,21,22);1H. The van der Waals surface area contributed by atoms with E-state index >= 15 is 0 Å². The number of rotatable bonds is 8. The van der Waals surface area contributed by atoms with Gasteiger partial charge in [0.25, 0.3) is 0 Å². The van der Waals surface area contributed by atoms with E-state index in [0.717, 1.165) is 37.0 Å². The highest BCUT2D eigenvalue weighted by Crippen LogP contribution is 2.14. The average Bonchev–Trinajstić information content (AvgIpc) is 2.91. The molecule has 2 aromatic rings. The van der Waals surface area contributed by atoms with Crippen LogP contribution in [0.5, 0.6) is 0 Å². The zero-order chi connectivity index (χ0) is 18.9. The van der Waals surface area contributed by atoms with Gasteiger partial charge in [-0.15, -0.1) is 24.0 Å². The lowest BCUT2D eigenvalue weighted by Crippen LogP contribution is -2.38. The molecule has 0 atom stereocenters. The number of nitrogens with zero attached hydrogens (tertiary/aromatic N) is 4. The number of aliphatic imine (C=N–C) groups is 1.